The van der Waals surface area contributed by atoms with Gasteiger partial charge in [-0.2, -0.15) is 0 Å². The van der Waals surface area contributed by atoms with Crippen LogP contribution in [0.4, 0.5) is 16.2 Å². The molecule has 6 heteroatoms. The van der Waals surface area contributed by atoms with Crippen molar-refractivity contribution in [2.75, 3.05) is 24.3 Å². The van der Waals surface area contributed by atoms with Crippen molar-refractivity contribution < 1.29 is 14.7 Å². The smallest absolute Gasteiger partial charge is 0.326 e. The summed E-state index contributed by atoms with van der Waals surface area (Å²) in [5, 5.41) is 14.4. The number of rotatable bonds is 6. The van der Waals surface area contributed by atoms with Crippen molar-refractivity contribution in [3.05, 3.63) is 24.3 Å². The summed E-state index contributed by atoms with van der Waals surface area (Å²) in [6, 6.07) is 5.91. The molecular weight excluding hydrogens is 270 g/mol. The summed E-state index contributed by atoms with van der Waals surface area (Å²) in [6.45, 7) is 3.69. The lowest BCUT2D eigenvalue weighted by atomic mass is 9.99. The lowest BCUT2D eigenvalue weighted by Gasteiger charge is -2.22. The molecule has 1 unspecified atom stereocenters. The van der Waals surface area contributed by atoms with Gasteiger partial charge in [-0.3, -0.25) is 0 Å². The van der Waals surface area contributed by atoms with E-state index in [0.29, 0.717) is 12.1 Å². The second-order valence-electron chi connectivity index (χ2n) is 5.21. The number of carbonyl (C=O) groups is 2. The number of hydrogen-bond donors (Lipinski definition) is 3. The summed E-state index contributed by atoms with van der Waals surface area (Å²) in [7, 11) is 3.75. The highest BCUT2D eigenvalue weighted by atomic mass is 16.4. The number of hydrogen-bond acceptors (Lipinski definition) is 3. The second-order valence-corrected chi connectivity index (χ2v) is 5.21. The highest BCUT2D eigenvalue weighted by molar-refractivity contribution is 5.95. The Hall–Kier alpha value is -2.24. The van der Waals surface area contributed by atoms with Crippen LogP contribution in [0, 0.1) is 5.92 Å². The molecule has 2 amide bonds. The Labute approximate surface area is 125 Å². The molecule has 1 rings (SSSR count). The molecule has 0 heterocycles. The fraction of sp³-hybridized carbons (Fsp3) is 0.467. The Kier molecular flexibility index (Phi) is 6.02. The SMILES string of the molecule is CCC(C)[C@H](NC(=O)Nc1ccccc1N(C)C)C(=O)O. The molecule has 21 heavy (non-hydrogen) atoms. The van der Waals surface area contributed by atoms with E-state index in [9.17, 15) is 14.7 Å². The first-order chi connectivity index (χ1) is 9.86. The number of nitrogens with one attached hydrogen (secondary N) is 2. The van der Waals surface area contributed by atoms with Crippen molar-refractivity contribution in [3.8, 4) is 0 Å². The van der Waals surface area contributed by atoms with E-state index < -0.39 is 18.0 Å². The van der Waals surface area contributed by atoms with Crippen LogP contribution in [0.5, 0.6) is 0 Å². The molecule has 0 saturated carbocycles. The molecule has 0 aliphatic heterocycles. The molecule has 0 saturated heterocycles. The average molecular weight is 293 g/mol. The third-order valence-corrected chi connectivity index (χ3v) is 3.40. The fourth-order valence-electron chi connectivity index (χ4n) is 1.95. The molecule has 0 aliphatic carbocycles. The molecule has 1 aromatic carbocycles. The number of aliphatic carboxylic acids is 1. The first-order valence-electron chi connectivity index (χ1n) is 6.93. The van der Waals surface area contributed by atoms with Gasteiger partial charge in [-0.25, -0.2) is 9.59 Å². The molecule has 6 nitrogen and oxygen atoms in total. The summed E-state index contributed by atoms with van der Waals surface area (Å²) in [4.78, 5) is 25.1. The molecule has 0 aliphatic rings. The van der Waals surface area contributed by atoms with Crippen LogP contribution in [0.2, 0.25) is 0 Å². The topological polar surface area (TPSA) is 81.7 Å². The standard InChI is InChI=1S/C15H23N3O3/c1-5-10(2)13(14(19)20)17-15(21)16-11-8-6-7-9-12(11)18(3)4/h6-10,13H,5H2,1-4H3,(H,19,20)(H2,16,17,21)/t10?,13-/m0/s1. The third kappa shape index (κ3) is 4.66. The minimum Gasteiger partial charge on any atom is -0.480 e. The Morgan fingerprint density at radius 3 is 2.43 bits per heavy atom. The molecule has 0 spiro atoms. The third-order valence-electron chi connectivity index (χ3n) is 3.40. The first kappa shape index (κ1) is 16.8. The van der Waals surface area contributed by atoms with E-state index in [4.69, 9.17) is 0 Å². The van der Waals surface area contributed by atoms with E-state index >= 15 is 0 Å². The molecule has 116 valence electrons. The molecule has 0 aromatic heterocycles. The summed E-state index contributed by atoms with van der Waals surface area (Å²) in [5.74, 6) is -1.17. The Morgan fingerprint density at radius 2 is 1.90 bits per heavy atom. The summed E-state index contributed by atoms with van der Waals surface area (Å²) < 4.78 is 0. The Balaban J connectivity index is 2.80. The normalized spacial score (nSPS) is 13.1. The van der Waals surface area contributed by atoms with Gasteiger partial charge in [0.05, 0.1) is 11.4 Å². The van der Waals surface area contributed by atoms with Gasteiger partial charge >= 0.3 is 12.0 Å². The Bertz CT molecular complexity index is 503. The maximum atomic E-state index is 12.0. The van der Waals surface area contributed by atoms with E-state index in [-0.39, 0.29) is 5.92 Å². The molecule has 0 fully saturated rings. The number of anilines is 2. The van der Waals surface area contributed by atoms with Gasteiger partial charge in [0.25, 0.3) is 0 Å². The van der Waals surface area contributed by atoms with E-state index in [0.717, 1.165) is 5.69 Å². The van der Waals surface area contributed by atoms with Gasteiger partial charge in [-0.1, -0.05) is 32.4 Å². The number of para-hydroxylation sites is 2. The van der Waals surface area contributed by atoms with Crippen LogP contribution in [0.1, 0.15) is 20.3 Å². The lowest BCUT2D eigenvalue weighted by Crippen LogP contribution is -2.46. The van der Waals surface area contributed by atoms with Crippen LogP contribution in [0.3, 0.4) is 0 Å². The molecule has 3 N–H and O–H groups in total. The van der Waals surface area contributed by atoms with Gasteiger partial charge in [0.2, 0.25) is 0 Å². The van der Waals surface area contributed by atoms with Crippen LogP contribution in [-0.2, 0) is 4.79 Å². The number of benzene rings is 1. The van der Waals surface area contributed by atoms with E-state index in [2.05, 4.69) is 10.6 Å². The van der Waals surface area contributed by atoms with Gasteiger partial charge in [-0.15, -0.1) is 0 Å². The van der Waals surface area contributed by atoms with E-state index in [1.54, 1.807) is 13.0 Å². The number of carboxylic acid groups (broad SMARTS) is 1. The zero-order valence-corrected chi connectivity index (χ0v) is 12.9. The summed E-state index contributed by atoms with van der Waals surface area (Å²) in [5.41, 5.74) is 1.48. The van der Waals surface area contributed by atoms with Crippen LogP contribution >= 0.6 is 0 Å². The number of urea groups is 1. The number of nitrogens with zero attached hydrogens (tertiary/aromatic N) is 1. The van der Waals surface area contributed by atoms with Gasteiger partial charge in [-0.05, 0) is 18.1 Å². The Morgan fingerprint density at radius 1 is 1.29 bits per heavy atom. The van der Waals surface area contributed by atoms with Crippen molar-refractivity contribution in [1.29, 1.82) is 0 Å². The minimum absolute atomic E-state index is 0.141. The van der Waals surface area contributed by atoms with Crippen LogP contribution in [0.15, 0.2) is 24.3 Å². The minimum atomic E-state index is -1.03. The van der Waals surface area contributed by atoms with Gasteiger partial charge in [0.1, 0.15) is 6.04 Å². The van der Waals surface area contributed by atoms with E-state index in [1.165, 1.54) is 0 Å². The zero-order valence-electron chi connectivity index (χ0n) is 12.9. The first-order valence-corrected chi connectivity index (χ1v) is 6.93. The predicted molar refractivity (Wildman–Crippen MR) is 83.8 cm³/mol. The van der Waals surface area contributed by atoms with Gasteiger partial charge in [0.15, 0.2) is 0 Å². The van der Waals surface area contributed by atoms with Crippen molar-refractivity contribution in [2.24, 2.45) is 5.92 Å². The number of amides is 2. The zero-order chi connectivity index (χ0) is 16.0. The van der Waals surface area contributed by atoms with Crippen molar-refractivity contribution in [2.45, 2.75) is 26.3 Å². The number of carbonyl (C=O) groups excluding carboxylic acids is 1. The molecule has 0 radical (unpaired) electrons. The maximum absolute atomic E-state index is 12.0. The van der Waals surface area contributed by atoms with Crippen molar-refractivity contribution in [1.82, 2.24) is 5.32 Å². The largest absolute Gasteiger partial charge is 0.480 e. The van der Waals surface area contributed by atoms with Gasteiger partial charge < -0.3 is 20.6 Å². The molecule has 2 atom stereocenters. The van der Waals surface area contributed by atoms with Gasteiger partial charge in [0, 0.05) is 14.1 Å². The maximum Gasteiger partial charge on any atom is 0.326 e. The number of carboxylic acids is 1. The molecule has 1 aromatic rings. The highest BCUT2D eigenvalue weighted by Gasteiger charge is 2.25. The second kappa shape index (κ2) is 7.52. The highest BCUT2D eigenvalue weighted by Crippen LogP contribution is 2.23. The summed E-state index contributed by atoms with van der Waals surface area (Å²) in [6.07, 6.45) is 0.672. The van der Waals surface area contributed by atoms with Crippen LogP contribution in [-0.4, -0.2) is 37.2 Å². The average Bonchev–Trinajstić information content (AvgIpc) is 2.44. The molecule has 0 bridgehead atoms. The van der Waals surface area contributed by atoms with Crippen molar-refractivity contribution >= 4 is 23.4 Å². The molecular formula is C15H23N3O3. The lowest BCUT2D eigenvalue weighted by molar-refractivity contribution is -0.140. The van der Waals surface area contributed by atoms with E-state index in [1.807, 2.05) is 44.1 Å². The monoisotopic (exact) mass is 293 g/mol. The summed E-state index contributed by atoms with van der Waals surface area (Å²) >= 11 is 0. The van der Waals surface area contributed by atoms with Crippen molar-refractivity contribution in [3.63, 3.8) is 0 Å². The van der Waals surface area contributed by atoms with Crippen LogP contribution in [0.25, 0.3) is 0 Å². The van der Waals surface area contributed by atoms with Crippen LogP contribution < -0.4 is 15.5 Å². The predicted octanol–water partition coefficient (Wildman–Crippen LogP) is 2.37. The quantitative estimate of drug-likeness (QED) is 0.752. The fourth-order valence-corrected chi connectivity index (χ4v) is 1.95.